The predicted molar refractivity (Wildman–Crippen MR) is 35.6 cm³/mol. The minimum atomic E-state index is -2.16. The van der Waals surface area contributed by atoms with Gasteiger partial charge in [-0.05, 0) is 6.42 Å². The Labute approximate surface area is 89.8 Å². The van der Waals surface area contributed by atoms with E-state index >= 15 is 0 Å². The normalized spacial score (nSPS) is 12.2. The van der Waals surface area contributed by atoms with E-state index in [0.29, 0.717) is 6.16 Å². The second kappa shape index (κ2) is 9.54. The summed E-state index contributed by atoms with van der Waals surface area (Å²) in [5.41, 5.74) is 0. The zero-order chi connectivity index (χ0) is 6.41. The summed E-state index contributed by atoms with van der Waals surface area (Å²) in [4.78, 5) is 8.33. The van der Waals surface area contributed by atoms with Gasteiger partial charge in [0.2, 0.25) is 0 Å². The van der Waals surface area contributed by atoms with Crippen molar-refractivity contribution in [2.75, 3.05) is 6.16 Å². The van der Waals surface area contributed by atoms with Gasteiger partial charge in [0.05, 0.1) is 0 Å². The summed E-state index contributed by atoms with van der Waals surface area (Å²) in [5, 5.41) is 0. The summed E-state index contributed by atoms with van der Waals surface area (Å²) in [7, 11) is -2.16. The van der Waals surface area contributed by atoms with Crippen LogP contribution in [-0.4, -0.2) is 11.1 Å². The third kappa shape index (κ3) is 12.7. The molecular formula is C5H13NdO2P. The minimum Gasteiger partial charge on any atom is -0.346 e. The molecule has 0 aliphatic rings. The van der Waals surface area contributed by atoms with Crippen LogP contribution in [0.2, 0.25) is 0 Å². The average molecular weight is 280 g/mol. The van der Waals surface area contributed by atoms with Crippen molar-refractivity contribution in [2.45, 2.75) is 26.2 Å². The summed E-state index contributed by atoms with van der Waals surface area (Å²) in [6.45, 7) is 2.08. The molecule has 0 aliphatic carbocycles. The molecule has 0 aromatic rings. The molecule has 0 saturated heterocycles. The molecule has 0 spiro atoms. The maximum Gasteiger partial charge on any atom is 0.189 e. The second-order valence-corrected chi connectivity index (χ2v) is 3.14. The predicted octanol–water partition coefficient (Wildman–Crippen LogP) is 1.64. The van der Waals surface area contributed by atoms with E-state index in [0.717, 1.165) is 19.3 Å². The molecule has 0 rings (SSSR count). The molecule has 0 heterocycles. The first-order valence-corrected chi connectivity index (χ1v) is 4.55. The van der Waals surface area contributed by atoms with Crippen molar-refractivity contribution in [3.05, 3.63) is 0 Å². The third-order valence-electron chi connectivity index (χ3n) is 0.994. The van der Waals surface area contributed by atoms with Crippen LogP contribution in [0.15, 0.2) is 0 Å². The Hall–Kier alpha value is 1.54. The molecule has 0 bridgehead atoms. The first-order chi connectivity index (χ1) is 3.77. The monoisotopic (exact) mass is 278 g/mol. The van der Waals surface area contributed by atoms with Crippen molar-refractivity contribution in [3.8, 4) is 0 Å². The fourth-order valence-electron chi connectivity index (χ4n) is 0.526. The van der Waals surface area contributed by atoms with Crippen molar-refractivity contribution in [3.63, 3.8) is 0 Å². The van der Waals surface area contributed by atoms with Crippen molar-refractivity contribution in [2.24, 2.45) is 0 Å². The third-order valence-corrected chi connectivity index (χ3v) is 1.78. The van der Waals surface area contributed by atoms with Gasteiger partial charge in [-0.1, -0.05) is 19.8 Å². The van der Waals surface area contributed by atoms with Gasteiger partial charge in [-0.2, -0.15) is 0 Å². The quantitative estimate of drug-likeness (QED) is 0.628. The van der Waals surface area contributed by atoms with Crippen LogP contribution >= 0.6 is 8.03 Å². The molecule has 1 unspecified atom stereocenters. The van der Waals surface area contributed by atoms with E-state index in [1.165, 1.54) is 0 Å². The van der Waals surface area contributed by atoms with Crippen LogP contribution in [0.4, 0.5) is 0 Å². The smallest absolute Gasteiger partial charge is 0.189 e. The minimum absolute atomic E-state index is 0. The van der Waals surface area contributed by atoms with Gasteiger partial charge in [-0.25, -0.2) is 0 Å². The van der Waals surface area contributed by atoms with Gasteiger partial charge in [0.15, 0.2) is 8.03 Å². The fraction of sp³-hybridized carbons (Fsp3) is 1.00. The molecule has 1 atom stereocenters. The van der Waals surface area contributed by atoms with Gasteiger partial charge in [-0.3, -0.25) is 4.57 Å². The van der Waals surface area contributed by atoms with Crippen LogP contribution in [0, 0.1) is 40.8 Å². The Balaban J connectivity index is 0. The largest absolute Gasteiger partial charge is 0.346 e. The molecule has 1 N–H and O–H groups in total. The van der Waals surface area contributed by atoms with Crippen LogP contribution in [0.1, 0.15) is 26.2 Å². The van der Waals surface area contributed by atoms with E-state index < -0.39 is 8.03 Å². The Bertz CT molecular complexity index is 77.4. The van der Waals surface area contributed by atoms with Gasteiger partial charge in [0.1, 0.15) is 0 Å². The van der Waals surface area contributed by atoms with E-state index in [1.807, 2.05) is 0 Å². The van der Waals surface area contributed by atoms with Gasteiger partial charge >= 0.3 is 0 Å². The molecule has 0 saturated carbocycles. The molecule has 0 fully saturated rings. The average Bonchev–Trinajstić information content (AvgIpc) is 1.66. The first kappa shape index (κ1) is 13.2. The summed E-state index contributed by atoms with van der Waals surface area (Å²) in [5.74, 6) is 0. The van der Waals surface area contributed by atoms with Gasteiger partial charge in [-0.15, -0.1) is 0 Å². The molecule has 0 aromatic heterocycles. The van der Waals surface area contributed by atoms with Crippen LogP contribution in [0.25, 0.3) is 0 Å². The molecule has 0 radical (unpaired) electrons. The van der Waals surface area contributed by atoms with Crippen molar-refractivity contribution in [1.82, 2.24) is 0 Å². The second-order valence-electron chi connectivity index (χ2n) is 1.85. The molecule has 4 heteroatoms. The maximum absolute atomic E-state index is 10.1. The zero-order valence-electron chi connectivity index (χ0n) is 5.68. The van der Waals surface area contributed by atoms with Gasteiger partial charge in [0.25, 0.3) is 0 Å². The van der Waals surface area contributed by atoms with Crippen molar-refractivity contribution in [1.29, 1.82) is 0 Å². The summed E-state index contributed by atoms with van der Waals surface area (Å²) in [6.07, 6.45) is 3.62. The number of hydrogen-bond donors (Lipinski definition) is 1. The molecular weight excluding hydrogens is 267 g/mol. The van der Waals surface area contributed by atoms with E-state index in [1.54, 1.807) is 0 Å². The Morgan fingerprint density at radius 2 is 2.00 bits per heavy atom. The van der Waals surface area contributed by atoms with Crippen LogP contribution in [-0.2, 0) is 4.57 Å². The molecule has 0 amide bonds. The van der Waals surface area contributed by atoms with E-state index in [2.05, 4.69) is 6.92 Å². The molecule has 0 aromatic carbocycles. The maximum atomic E-state index is 10.1. The van der Waals surface area contributed by atoms with Crippen molar-refractivity contribution >= 4 is 8.03 Å². The SMILES string of the molecule is CCCCC[PH](=O)O.[Nd]. The van der Waals surface area contributed by atoms with Crippen LogP contribution in [0.5, 0.6) is 0 Å². The Morgan fingerprint density at radius 3 is 2.33 bits per heavy atom. The van der Waals surface area contributed by atoms with Gasteiger partial charge < -0.3 is 4.89 Å². The number of rotatable bonds is 4. The number of hydrogen-bond acceptors (Lipinski definition) is 1. The zero-order valence-corrected chi connectivity index (χ0v) is 9.89. The first-order valence-electron chi connectivity index (χ1n) is 2.99. The van der Waals surface area contributed by atoms with E-state index in [4.69, 9.17) is 4.89 Å². The Kier molecular flexibility index (Phi) is 13.9. The molecule has 9 heavy (non-hydrogen) atoms. The Morgan fingerprint density at radius 1 is 1.44 bits per heavy atom. The molecule has 54 valence electrons. The van der Waals surface area contributed by atoms with Gasteiger partial charge in [0, 0.05) is 47.0 Å². The summed E-state index contributed by atoms with van der Waals surface area (Å²) >= 11 is 0. The topological polar surface area (TPSA) is 37.3 Å². The van der Waals surface area contributed by atoms with Crippen LogP contribution in [0.3, 0.4) is 0 Å². The van der Waals surface area contributed by atoms with Crippen LogP contribution < -0.4 is 0 Å². The number of unbranched alkanes of at least 4 members (excludes halogenated alkanes) is 2. The molecule has 0 aliphatic heterocycles. The van der Waals surface area contributed by atoms with E-state index in [-0.39, 0.29) is 40.8 Å². The fourth-order valence-corrected chi connectivity index (χ4v) is 1.08. The standard InChI is InChI=1S/C5H13O2P.Nd/c1-2-3-4-5-8(6)7;/h8H,2-5H2,1H3,(H,6,7);. The van der Waals surface area contributed by atoms with Crippen molar-refractivity contribution < 1.29 is 50.3 Å². The van der Waals surface area contributed by atoms with E-state index in [9.17, 15) is 4.57 Å². The summed E-state index contributed by atoms with van der Waals surface area (Å²) < 4.78 is 10.1. The summed E-state index contributed by atoms with van der Waals surface area (Å²) in [6, 6.07) is 0. The molecule has 2 nitrogen and oxygen atoms in total.